The summed E-state index contributed by atoms with van der Waals surface area (Å²) >= 11 is 0. The maximum absolute atomic E-state index is 13.2. The Kier molecular flexibility index (Phi) is 5.03. The molecule has 8 heteroatoms. The van der Waals surface area contributed by atoms with Crippen LogP contribution >= 0.6 is 0 Å². The Balaban J connectivity index is 2.03. The molecule has 3 rings (SSSR count). The van der Waals surface area contributed by atoms with Crippen molar-refractivity contribution in [3.63, 3.8) is 0 Å². The Hall–Kier alpha value is -2.74. The molecule has 0 spiro atoms. The first-order valence-corrected chi connectivity index (χ1v) is 9.55. The van der Waals surface area contributed by atoms with E-state index < -0.39 is 15.9 Å². The molecule has 1 N–H and O–H groups in total. The van der Waals surface area contributed by atoms with Gasteiger partial charge in [0, 0.05) is 13.1 Å². The third-order valence-corrected chi connectivity index (χ3v) is 5.76. The molecule has 26 heavy (non-hydrogen) atoms. The van der Waals surface area contributed by atoms with E-state index in [2.05, 4.69) is 5.32 Å². The average molecular weight is 376 g/mol. The number of fused-ring (bicyclic) bond motifs is 1. The Morgan fingerprint density at radius 3 is 2.38 bits per heavy atom. The summed E-state index contributed by atoms with van der Waals surface area (Å²) in [5, 5.41) is 2.46. The first-order valence-electron chi connectivity index (χ1n) is 8.11. The summed E-state index contributed by atoms with van der Waals surface area (Å²) in [7, 11) is -2.50. The average Bonchev–Trinajstić information content (AvgIpc) is 2.66. The molecule has 0 aliphatic carbocycles. The largest absolute Gasteiger partial charge is 0.486 e. The minimum absolute atomic E-state index is 0.0335. The number of sulfonamides is 1. The monoisotopic (exact) mass is 376 g/mol. The van der Waals surface area contributed by atoms with Gasteiger partial charge in [-0.2, -0.15) is 0 Å². The molecule has 2 aromatic carbocycles. The topological polar surface area (TPSA) is 84.9 Å². The third kappa shape index (κ3) is 3.60. The highest BCUT2D eigenvalue weighted by Crippen LogP contribution is 2.34. The van der Waals surface area contributed by atoms with E-state index >= 15 is 0 Å². The minimum Gasteiger partial charge on any atom is -0.486 e. The van der Waals surface area contributed by atoms with Crippen LogP contribution in [0, 0.1) is 6.92 Å². The van der Waals surface area contributed by atoms with Gasteiger partial charge in [0.1, 0.15) is 19.8 Å². The molecule has 138 valence electrons. The maximum atomic E-state index is 13.2. The van der Waals surface area contributed by atoms with Crippen LogP contribution in [0.25, 0.3) is 0 Å². The molecule has 0 aromatic heterocycles. The van der Waals surface area contributed by atoms with Crippen molar-refractivity contribution in [1.29, 1.82) is 0 Å². The number of benzene rings is 2. The molecule has 0 atom stereocenters. The molecule has 0 bridgehead atoms. The number of carbonyl (C=O) groups excluding carboxylic acids is 1. The van der Waals surface area contributed by atoms with Crippen molar-refractivity contribution in [2.45, 2.75) is 11.8 Å². The predicted molar refractivity (Wildman–Crippen MR) is 97.2 cm³/mol. The summed E-state index contributed by atoms with van der Waals surface area (Å²) in [6, 6.07) is 11.4. The fourth-order valence-corrected chi connectivity index (χ4v) is 3.98. The van der Waals surface area contributed by atoms with E-state index in [4.69, 9.17) is 9.47 Å². The Morgan fingerprint density at radius 2 is 1.73 bits per heavy atom. The molecule has 0 saturated heterocycles. The maximum Gasteiger partial charge on any atom is 0.264 e. The molecule has 0 unspecified atom stereocenters. The fourth-order valence-electron chi connectivity index (χ4n) is 2.55. The molecule has 1 aliphatic rings. The van der Waals surface area contributed by atoms with E-state index in [-0.39, 0.29) is 11.4 Å². The summed E-state index contributed by atoms with van der Waals surface area (Å²) in [4.78, 5) is 11.9. The number of nitrogens with zero attached hydrogens (tertiary/aromatic N) is 1. The Morgan fingerprint density at radius 1 is 1.08 bits per heavy atom. The van der Waals surface area contributed by atoms with Crippen LogP contribution in [-0.2, 0) is 14.8 Å². The van der Waals surface area contributed by atoms with Crippen LogP contribution in [0.4, 0.5) is 5.69 Å². The van der Waals surface area contributed by atoms with Crippen molar-refractivity contribution >= 4 is 21.6 Å². The smallest absolute Gasteiger partial charge is 0.264 e. The summed E-state index contributed by atoms with van der Waals surface area (Å²) in [6.45, 7) is 2.36. The van der Waals surface area contributed by atoms with Crippen molar-refractivity contribution < 1.29 is 22.7 Å². The van der Waals surface area contributed by atoms with Gasteiger partial charge in [-0.25, -0.2) is 8.42 Å². The molecule has 0 fully saturated rings. The highest BCUT2D eigenvalue weighted by molar-refractivity contribution is 7.92. The number of aryl methyl sites for hydroxylation is 1. The molecule has 0 radical (unpaired) electrons. The van der Waals surface area contributed by atoms with Gasteiger partial charge in [-0.05, 0) is 31.2 Å². The standard InChI is InChI=1S/C18H20N2O5S/c1-13-3-5-14(6-4-13)20(12-18(21)19-2)26(22,23)15-7-8-16-17(11-15)25-10-9-24-16/h3-8,11H,9-10,12H2,1-2H3,(H,19,21). The normalized spacial score (nSPS) is 13.2. The van der Waals surface area contributed by atoms with E-state index in [0.717, 1.165) is 9.87 Å². The van der Waals surface area contributed by atoms with E-state index in [1.807, 2.05) is 6.92 Å². The van der Waals surface area contributed by atoms with E-state index in [9.17, 15) is 13.2 Å². The number of hydrogen-bond acceptors (Lipinski definition) is 5. The lowest BCUT2D eigenvalue weighted by atomic mass is 10.2. The molecular weight excluding hydrogens is 356 g/mol. The molecule has 0 saturated carbocycles. The predicted octanol–water partition coefficient (Wildman–Crippen LogP) is 1.71. The van der Waals surface area contributed by atoms with Gasteiger partial charge in [-0.15, -0.1) is 0 Å². The highest BCUT2D eigenvalue weighted by atomic mass is 32.2. The summed E-state index contributed by atoms with van der Waals surface area (Å²) in [5.74, 6) is 0.469. The van der Waals surface area contributed by atoms with Crippen LogP contribution in [0.3, 0.4) is 0 Å². The zero-order chi connectivity index (χ0) is 18.7. The Bertz CT molecular complexity index is 910. The number of rotatable bonds is 5. The van der Waals surface area contributed by atoms with Crippen molar-refractivity contribution in [1.82, 2.24) is 5.32 Å². The summed E-state index contributed by atoms with van der Waals surface area (Å²) < 4.78 is 38.4. The van der Waals surface area contributed by atoms with Crippen LogP contribution in [0.1, 0.15) is 5.56 Å². The van der Waals surface area contributed by atoms with E-state index in [1.54, 1.807) is 30.3 Å². The van der Waals surface area contributed by atoms with Crippen molar-refractivity contribution in [2.75, 3.05) is 31.1 Å². The quantitative estimate of drug-likeness (QED) is 0.859. The second kappa shape index (κ2) is 7.25. The van der Waals surface area contributed by atoms with Crippen LogP contribution in [0.2, 0.25) is 0 Å². The van der Waals surface area contributed by atoms with Crippen molar-refractivity contribution in [3.8, 4) is 11.5 Å². The van der Waals surface area contributed by atoms with Gasteiger partial charge in [-0.3, -0.25) is 9.10 Å². The second-order valence-corrected chi connectivity index (χ2v) is 7.69. The highest BCUT2D eigenvalue weighted by Gasteiger charge is 2.28. The number of nitrogens with one attached hydrogen (secondary N) is 1. The minimum atomic E-state index is -3.97. The number of likely N-dealkylation sites (N-methyl/N-ethyl adjacent to an activating group) is 1. The number of anilines is 1. The van der Waals surface area contributed by atoms with Gasteiger partial charge in [-0.1, -0.05) is 17.7 Å². The first-order chi connectivity index (χ1) is 12.4. The molecular formula is C18H20N2O5S. The SMILES string of the molecule is CNC(=O)CN(c1ccc(C)cc1)S(=O)(=O)c1ccc2c(c1)OCCO2. The van der Waals surface area contributed by atoms with Gasteiger partial charge >= 0.3 is 0 Å². The zero-order valence-corrected chi connectivity index (χ0v) is 15.4. The number of hydrogen-bond donors (Lipinski definition) is 1. The van der Waals surface area contributed by atoms with Gasteiger partial charge in [0.05, 0.1) is 10.6 Å². The van der Waals surface area contributed by atoms with Gasteiger partial charge < -0.3 is 14.8 Å². The van der Waals surface area contributed by atoms with E-state index in [0.29, 0.717) is 30.4 Å². The molecule has 1 aliphatic heterocycles. The van der Waals surface area contributed by atoms with Crippen LogP contribution in [0.5, 0.6) is 11.5 Å². The molecule has 7 nitrogen and oxygen atoms in total. The van der Waals surface area contributed by atoms with Crippen molar-refractivity contribution in [2.24, 2.45) is 0 Å². The number of carbonyl (C=O) groups is 1. The lowest BCUT2D eigenvalue weighted by molar-refractivity contribution is -0.119. The van der Waals surface area contributed by atoms with Crippen LogP contribution in [0.15, 0.2) is 47.4 Å². The van der Waals surface area contributed by atoms with Gasteiger partial charge in [0.2, 0.25) is 5.91 Å². The third-order valence-electron chi connectivity index (χ3n) is 3.99. The van der Waals surface area contributed by atoms with E-state index in [1.165, 1.54) is 19.2 Å². The fraction of sp³-hybridized carbons (Fsp3) is 0.278. The first kappa shape index (κ1) is 18.1. The lowest BCUT2D eigenvalue weighted by Gasteiger charge is -2.25. The van der Waals surface area contributed by atoms with Gasteiger partial charge in [0.15, 0.2) is 11.5 Å². The Labute approximate surface area is 152 Å². The zero-order valence-electron chi connectivity index (χ0n) is 14.6. The molecule has 2 aromatic rings. The molecule has 1 amide bonds. The van der Waals surface area contributed by atoms with Crippen LogP contribution < -0.4 is 19.1 Å². The lowest BCUT2D eigenvalue weighted by Crippen LogP contribution is -2.39. The summed E-state index contributed by atoms with van der Waals surface area (Å²) in [5.41, 5.74) is 1.40. The summed E-state index contributed by atoms with van der Waals surface area (Å²) in [6.07, 6.45) is 0. The van der Waals surface area contributed by atoms with Crippen molar-refractivity contribution in [3.05, 3.63) is 48.0 Å². The van der Waals surface area contributed by atoms with Gasteiger partial charge in [0.25, 0.3) is 10.0 Å². The molecule has 1 heterocycles. The second-order valence-electron chi connectivity index (χ2n) is 5.83. The number of amides is 1. The number of ether oxygens (including phenoxy) is 2. The van der Waals surface area contributed by atoms with Crippen LogP contribution in [-0.4, -0.2) is 41.1 Å².